The summed E-state index contributed by atoms with van der Waals surface area (Å²) in [6, 6.07) is 8.02. The fourth-order valence-corrected chi connectivity index (χ4v) is 1.36. The predicted octanol–water partition coefficient (Wildman–Crippen LogP) is 1.54. The number of hydrogen-bond donors (Lipinski definition) is 1. The molecular formula is C11H15NO. The Balaban J connectivity index is 2.84. The Bertz CT molecular complexity index is 294. The lowest BCUT2D eigenvalue weighted by molar-refractivity contribution is -0.116. The monoisotopic (exact) mass is 177 g/mol. The molecule has 0 atom stereocenters. The highest BCUT2D eigenvalue weighted by molar-refractivity contribution is 5.78. The van der Waals surface area contributed by atoms with E-state index in [4.69, 9.17) is 0 Å². The number of hydrogen-bond acceptors (Lipinski definition) is 2. The van der Waals surface area contributed by atoms with E-state index < -0.39 is 0 Å². The summed E-state index contributed by atoms with van der Waals surface area (Å²) in [5.74, 6) is 0.212. The van der Waals surface area contributed by atoms with Gasteiger partial charge in [-0.1, -0.05) is 24.3 Å². The number of Topliss-reactive ketones (excluding diaryl/α,β-unsaturated/α-hetero) is 1. The number of nitrogens with one attached hydrogen (secondary N) is 1. The molecule has 0 bridgehead atoms. The zero-order valence-corrected chi connectivity index (χ0v) is 8.13. The number of carbonyl (C=O) groups is 1. The van der Waals surface area contributed by atoms with E-state index in [0.717, 1.165) is 12.1 Å². The fourth-order valence-electron chi connectivity index (χ4n) is 1.36. The molecule has 70 valence electrons. The van der Waals surface area contributed by atoms with Crippen LogP contribution in [0.15, 0.2) is 24.3 Å². The lowest BCUT2D eigenvalue weighted by Gasteiger charge is -2.06. The number of ketones is 1. The molecule has 0 heterocycles. The molecule has 1 aromatic rings. The van der Waals surface area contributed by atoms with Gasteiger partial charge in [-0.3, -0.25) is 4.79 Å². The van der Waals surface area contributed by atoms with Crippen molar-refractivity contribution in [3.8, 4) is 0 Å². The third-order valence-corrected chi connectivity index (χ3v) is 1.93. The van der Waals surface area contributed by atoms with Crippen molar-refractivity contribution in [2.75, 3.05) is 7.05 Å². The summed E-state index contributed by atoms with van der Waals surface area (Å²) in [4.78, 5) is 10.9. The molecule has 0 aliphatic carbocycles. The van der Waals surface area contributed by atoms with E-state index >= 15 is 0 Å². The molecule has 0 aromatic heterocycles. The maximum Gasteiger partial charge on any atom is 0.134 e. The molecule has 1 aromatic carbocycles. The van der Waals surface area contributed by atoms with Crippen LogP contribution in [-0.2, 0) is 17.8 Å². The summed E-state index contributed by atoms with van der Waals surface area (Å²) in [5, 5.41) is 3.09. The van der Waals surface area contributed by atoms with Crippen molar-refractivity contribution in [2.45, 2.75) is 19.9 Å². The van der Waals surface area contributed by atoms with Crippen LogP contribution in [0.25, 0.3) is 0 Å². The molecule has 13 heavy (non-hydrogen) atoms. The highest BCUT2D eigenvalue weighted by Gasteiger charge is 2.02. The number of carbonyl (C=O) groups excluding carboxylic acids is 1. The number of rotatable bonds is 4. The van der Waals surface area contributed by atoms with E-state index in [1.165, 1.54) is 5.56 Å². The quantitative estimate of drug-likeness (QED) is 0.755. The van der Waals surface area contributed by atoms with Gasteiger partial charge in [0.05, 0.1) is 0 Å². The average Bonchev–Trinajstić information content (AvgIpc) is 2.08. The summed E-state index contributed by atoms with van der Waals surface area (Å²) in [5.41, 5.74) is 2.34. The molecule has 0 amide bonds. The Labute approximate surface area is 79.0 Å². The van der Waals surface area contributed by atoms with Gasteiger partial charge < -0.3 is 5.32 Å². The van der Waals surface area contributed by atoms with Crippen LogP contribution in [0.4, 0.5) is 0 Å². The first kappa shape index (κ1) is 9.93. The summed E-state index contributed by atoms with van der Waals surface area (Å²) < 4.78 is 0. The SMILES string of the molecule is CNCc1ccccc1CC(C)=O. The standard InChI is InChI=1S/C11H15NO/c1-9(13)7-10-5-3-4-6-11(10)8-12-2/h3-6,12H,7-8H2,1-2H3. The summed E-state index contributed by atoms with van der Waals surface area (Å²) in [6.45, 7) is 2.44. The first-order valence-corrected chi connectivity index (χ1v) is 4.45. The molecule has 1 N–H and O–H groups in total. The second-order valence-electron chi connectivity index (χ2n) is 3.18. The van der Waals surface area contributed by atoms with Gasteiger partial charge in [-0.25, -0.2) is 0 Å². The smallest absolute Gasteiger partial charge is 0.134 e. The molecule has 0 unspecified atom stereocenters. The normalized spacial score (nSPS) is 10.0. The van der Waals surface area contributed by atoms with Crippen LogP contribution >= 0.6 is 0 Å². The molecule has 0 fully saturated rings. The third-order valence-electron chi connectivity index (χ3n) is 1.93. The van der Waals surface area contributed by atoms with Crippen molar-refractivity contribution < 1.29 is 4.79 Å². The lowest BCUT2D eigenvalue weighted by Crippen LogP contribution is -2.09. The minimum Gasteiger partial charge on any atom is -0.316 e. The van der Waals surface area contributed by atoms with E-state index in [1.807, 2.05) is 25.2 Å². The van der Waals surface area contributed by atoms with Crippen LogP contribution in [-0.4, -0.2) is 12.8 Å². The average molecular weight is 177 g/mol. The number of benzene rings is 1. The summed E-state index contributed by atoms with van der Waals surface area (Å²) in [6.07, 6.45) is 0.540. The van der Waals surface area contributed by atoms with Gasteiger partial charge in [0.15, 0.2) is 0 Å². The van der Waals surface area contributed by atoms with Crippen molar-refractivity contribution >= 4 is 5.78 Å². The lowest BCUT2D eigenvalue weighted by atomic mass is 10.0. The molecule has 0 spiro atoms. The maximum absolute atomic E-state index is 10.9. The molecule has 2 nitrogen and oxygen atoms in total. The van der Waals surface area contributed by atoms with E-state index in [2.05, 4.69) is 11.4 Å². The van der Waals surface area contributed by atoms with Crippen LogP contribution in [0.5, 0.6) is 0 Å². The molecule has 0 saturated carbocycles. The highest BCUT2D eigenvalue weighted by Crippen LogP contribution is 2.09. The Morgan fingerprint density at radius 1 is 1.31 bits per heavy atom. The summed E-state index contributed by atoms with van der Waals surface area (Å²) >= 11 is 0. The highest BCUT2D eigenvalue weighted by atomic mass is 16.1. The van der Waals surface area contributed by atoms with Crippen molar-refractivity contribution in [1.29, 1.82) is 0 Å². The van der Waals surface area contributed by atoms with Gasteiger partial charge in [-0.2, -0.15) is 0 Å². The van der Waals surface area contributed by atoms with Crippen molar-refractivity contribution in [1.82, 2.24) is 5.32 Å². The topological polar surface area (TPSA) is 29.1 Å². The van der Waals surface area contributed by atoms with E-state index in [1.54, 1.807) is 6.92 Å². The minimum absolute atomic E-state index is 0.212. The molecular weight excluding hydrogens is 162 g/mol. The molecule has 0 aliphatic heterocycles. The van der Waals surface area contributed by atoms with E-state index in [-0.39, 0.29) is 5.78 Å². The molecule has 1 rings (SSSR count). The van der Waals surface area contributed by atoms with Gasteiger partial charge in [0.25, 0.3) is 0 Å². The van der Waals surface area contributed by atoms with Gasteiger partial charge >= 0.3 is 0 Å². The molecule has 0 saturated heterocycles. The van der Waals surface area contributed by atoms with Gasteiger partial charge in [-0.15, -0.1) is 0 Å². The Kier molecular flexibility index (Phi) is 3.65. The van der Waals surface area contributed by atoms with Gasteiger partial charge in [0.2, 0.25) is 0 Å². The predicted molar refractivity (Wildman–Crippen MR) is 53.6 cm³/mol. The second-order valence-corrected chi connectivity index (χ2v) is 3.18. The largest absolute Gasteiger partial charge is 0.316 e. The Hall–Kier alpha value is -1.15. The van der Waals surface area contributed by atoms with E-state index in [9.17, 15) is 4.79 Å². The van der Waals surface area contributed by atoms with Crippen LogP contribution < -0.4 is 5.32 Å². The van der Waals surface area contributed by atoms with Crippen LogP contribution in [0.2, 0.25) is 0 Å². The Morgan fingerprint density at radius 3 is 2.46 bits per heavy atom. The third kappa shape index (κ3) is 2.99. The van der Waals surface area contributed by atoms with Crippen LogP contribution in [0.3, 0.4) is 0 Å². The van der Waals surface area contributed by atoms with Gasteiger partial charge in [-0.05, 0) is 25.1 Å². The summed E-state index contributed by atoms with van der Waals surface area (Å²) in [7, 11) is 1.91. The zero-order valence-electron chi connectivity index (χ0n) is 8.13. The fraction of sp³-hybridized carbons (Fsp3) is 0.364. The first-order valence-electron chi connectivity index (χ1n) is 4.45. The van der Waals surface area contributed by atoms with Gasteiger partial charge in [0, 0.05) is 13.0 Å². The zero-order chi connectivity index (χ0) is 9.68. The van der Waals surface area contributed by atoms with Crippen LogP contribution in [0.1, 0.15) is 18.1 Å². The minimum atomic E-state index is 0.212. The second kappa shape index (κ2) is 4.77. The van der Waals surface area contributed by atoms with Crippen molar-refractivity contribution in [2.24, 2.45) is 0 Å². The van der Waals surface area contributed by atoms with E-state index in [0.29, 0.717) is 6.42 Å². The maximum atomic E-state index is 10.9. The Morgan fingerprint density at radius 2 is 1.92 bits per heavy atom. The van der Waals surface area contributed by atoms with Gasteiger partial charge in [0.1, 0.15) is 5.78 Å². The first-order chi connectivity index (χ1) is 6.24. The molecule has 2 heteroatoms. The molecule has 0 radical (unpaired) electrons. The van der Waals surface area contributed by atoms with Crippen LogP contribution in [0, 0.1) is 0 Å². The van der Waals surface area contributed by atoms with Crippen molar-refractivity contribution in [3.05, 3.63) is 35.4 Å². The molecule has 0 aliphatic rings. The van der Waals surface area contributed by atoms with Crippen molar-refractivity contribution in [3.63, 3.8) is 0 Å².